The molecule has 5 aromatic rings. The number of methoxy groups -OCH3 is 3. The van der Waals surface area contributed by atoms with Crippen LogP contribution in [0.1, 0.15) is 30.0 Å². The van der Waals surface area contributed by atoms with E-state index in [1.165, 1.54) is 5.56 Å². The number of aryl methyl sites for hydroxylation is 4. The fourth-order valence-electron chi connectivity index (χ4n) is 5.93. The maximum absolute atomic E-state index is 13.7. The van der Waals surface area contributed by atoms with Gasteiger partial charge in [-0.1, -0.05) is 25.1 Å². The molecule has 6 rings (SSSR count). The van der Waals surface area contributed by atoms with E-state index >= 15 is 0 Å². The molecule has 1 aliphatic rings. The van der Waals surface area contributed by atoms with Crippen molar-refractivity contribution >= 4 is 21.9 Å². The minimum Gasteiger partial charge on any atom is -0.496 e. The number of rotatable bonds is 7. The van der Waals surface area contributed by atoms with Crippen molar-refractivity contribution in [1.29, 1.82) is 0 Å². The highest BCUT2D eigenvalue weighted by Gasteiger charge is 2.30. The van der Waals surface area contributed by atoms with Gasteiger partial charge in [-0.25, -0.2) is 4.79 Å². The Morgan fingerprint density at radius 2 is 1.62 bits per heavy atom. The third-order valence-corrected chi connectivity index (χ3v) is 7.83. The van der Waals surface area contributed by atoms with Gasteiger partial charge >= 0.3 is 5.63 Å². The molecule has 40 heavy (non-hydrogen) atoms. The van der Waals surface area contributed by atoms with E-state index in [0.29, 0.717) is 35.8 Å². The minimum atomic E-state index is -0.386. The van der Waals surface area contributed by atoms with Crippen LogP contribution in [-0.2, 0) is 13.0 Å². The summed E-state index contributed by atoms with van der Waals surface area (Å²) in [5.41, 5.74) is 7.84. The Morgan fingerprint density at radius 1 is 0.875 bits per heavy atom. The number of hydrogen-bond donors (Lipinski definition) is 0. The molecule has 0 unspecified atom stereocenters. The standard InChI is InChI=1S/C33H33NO6/c1-7-12-39-28-17-26-23(16-27(28)38-6)30-29(21-9-8-18(2)24(14-21)36-4)31-22-15-25(37-5)19(3)13-20(22)10-11-34(31)32(30)33(35)40-26/h8-9,13-17H,7,10-12H2,1-6H3. The summed E-state index contributed by atoms with van der Waals surface area (Å²) in [6, 6.07) is 14.1. The van der Waals surface area contributed by atoms with Crippen LogP contribution in [0.5, 0.6) is 23.0 Å². The Morgan fingerprint density at radius 3 is 2.35 bits per heavy atom. The Bertz CT molecular complexity index is 1840. The highest BCUT2D eigenvalue weighted by molar-refractivity contribution is 6.17. The molecule has 0 aliphatic carbocycles. The van der Waals surface area contributed by atoms with Gasteiger partial charge in [0.05, 0.1) is 33.6 Å². The lowest BCUT2D eigenvalue weighted by molar-refractivity contribution is 0.294. The fourth-order valence-corrected chi connectivity index (χ4v) is 5.93. The molecule has 0 atom stereocenters. The summed E-state index contributed by atoms with van der Waals surface area (Å²) in [5, 5.41) is 1.60. The summed E-state index contributed by atoms with van der Waals surface area (Å²) in [5.74, 6) is 2.72. The lowest BCUT2D eigenvalue weighted by Gasteiger charge is -2.23. The van der Waals surface area contributed by atoms with Crippen molar-refractivity contribution in [1.82, 2.24) is 4.57 Å². The molecule has 0 radical (unpaired) electrons. The van der Waals surface area contributed by atoms with Gasteiger partial charge in [-0.2, -0.15) is 0 Å². The molecule has 206 valence electrons. The van der Waals surface area contributed by atoms with Crippen molar-refractivity contribution in [3.63, 3.8) is 0 Å². The predicted octanol–water partition coefficient (Wildman–Crippen LogP) is 7.07. The van der Waals surface area contributed by atoms with Gasteiger partial charge < -0.3 is 27.9 Å². The largest absolute Gasteiger partial charge is 0.496 e. The molecule has 0 saturated carbocycles. The van der Waals surface area contributed by atoms with Crippen LogP contribution in [0.25, 0.3) is 44.3 Å². The number of aromatic nitrogens is 1. The second-order valence-electron chi connectivity index (χ2n) is 10.2. The average Bonchev–Trinajstić information content (AvgIpc) is 3.32. The van der Waals surface area contributed by atoms with Crippen molar-refractivity contribution in [2.24, 2.45) is 0 Å². The summed E-state index contributed by atoms with van der Waals surface area (Å²) in [6.45, 7) is 7.30. The molecule has 0 fully saturated rings. The van der Waals surface area contributed by atoms with Crippen molar-refractivity contribution < 1.29 is 23.4 Å². The number of benzene rings is 3. The Hall–Kier alpha value is -4.39. The SMILES string of the molecule is CCCOc1cc2oc(=O)c3c(c(-c4ccc(C)c(OC)c4)c4n3CCc3cc(C)c(OC)cc3-4)c2cc1OC. The van der Waals surface area contributed by atoms with Crippen molar-refractivity contribution in [3.05, 3.63) is 69.6 Å². The van der Waals surface area contributed by atoms with Crippen LogP contribution in [0.3, 0.4) is 0 Å². The number of ether oxygens (including phenoxy) is 4. The van der Waals surface area contributed by atoms with Crippen molar-refractivity contribution in [3.8, 4) is 45.4 Å². The molecule has 7 heteroatoms. The van der Waals surface area contributed by atoms with E-state index in [1.807, 2.05) is 26.0 Å². The van der Waals surface area contributed by atoms with E-state index in [2.05, 4.69) is 35.8 Å². The quantitative estimate of drug-likeness (QED) is 0.206. The van der Waals surface area contributed by atoms with E-state index in [9.17, 15) is 4.79 Å². The van der Waals surface area contributed by atoms with Gasteiger partial charge in [-0.3, -0.25) is 0 Å². The van der Waals surface area contributed by atoms with Crippen LogP contribution in [-0.4, -0.2) is 32.5 Å². The van der Waals surface area contributed by atoms with Crippen molar-refractivity contribution in [2.75, 3.05) is 27.9 Å². The van der Waals surface area contributed by atoms with Gasteiger partial charge in [0.25, 0.3) is 0 Å². The maximum atomic E-state index is 13.7. The lowest BCUT2D eigenvalue weighted by Crippen LogP contribution is -2.15. The summed E-state index contributed by atoms with van der Waals surface area (Å²) < 4.78 is 31.2. The van der Waals surface area contributed by atoms with Gasteiger partial charge in [0, 0.05) is 34.5 Å². The van der Waals surface area contributed by atoms with E-state index in [4.69, 9.17) is 23.4 Å². The molecule has 0 N–H and O–H groups in total. The third kappa shape index (κ3) is 3.91. The molecule has 0 bridgehead atoms. The molecule has 0 spiro atoms. The first-order chi connectivity index (χ1) is 19.4. The molecule has 1 aliphatic heterocycles. The molecule has 0 saturated heterocycles. The Balaban J connectivity index is 1.79. The highest BCUT2D eigenvalue weighted by atomic mass is 16.5. The topological polar surface area (TPSA) is 72.1 Å². The van der Waals surface area contributed by atoms with E-state index in [0.717, 1.165) is 68.6 Å². The zero-order valence-electron chi connectivity index (χ0n) is 23.8. The fraction of sp³-hybridized carbons (Fsp3) is 0.303. The van der Waals surface area contributed by atoms with Crippen LogP contribution in [0.4, 0.5) is 0 Å². The highest BCUT2D eigenvalue weighted by Crippen LogP contribution is 2.48. The number of hydrogen-bond acceptors (Lipinski definition) is 6. The summed E-state index contributed by atoms with van der Waals surface area (Å²) in [7, 11) is 4.98. The smallest absolute Gasteiger partial charge is 0.361 e. The Kier molecular flexibility index (Phi) is 6.45. The van der Waals surface area contributed by atoms with Gasteiger partial charge in [0.2, 0.25) is 0 Å². The van der Waals surface area contributed by atoms with Crippen LogP contribution in [0.15, 0.2) is 51.7 Å². The zero-order chi connectivity index (χ0) is 28.1. The minimum absolute atomic E-state index is 0.386. The Labute approximate surface area is 232 Å². The molecular weight excluding hydrogens is 506 g/mol. The first-order valence-corrected chi connectivity index (χ1v) is 13.6. The first-order valence-electron chi connectivity index (χ1n) is 13.6. The second kappa shape index (κ2) is 9.97. The normalized spacial score (nSPS) is 12.3. The average molecular weight is 540 g/mol. The van der Waals surface area contributed by atoms with Crippen molar-refractivity contribution in [2.45, 2.75) is 40.2 Å². The first kappa shape index (κ1) is 25.9. The molecular formula is C33H33NO6. The van der Waals surface area contributed by atoms with E-state index < -0.39 is 0 Å². The number of nitrogens with zero attached hydrogens (tertiary/aromatic N) is 1. The van der Waals surface area contributed by atoms with Gasteiger partial charge in [0.15, 0.2) is 11.5 Å². The summed E-state index contributed by atoms with van der Waals surface area (Å²) in [4.78, 5) is 13.7. The monoisotopic (exact) mass is 539 g/mol. The molecule has 0 amide bonds. The summed E-state index contributed by atoms with van der Waals surface area (Å²) >= 11 is 0. The van der Waals surface area contributed by atoms with Crippen LogP contribution in [0, 0.1) is 13.8 Å². The van der Waals surface area contributed by atoms with E-state index in [1.54, 1.807) is 27.4 Å². The second-order valence-corrected chi connectivity index (χ2v) is 10.2. The predicted molar refractivity (Wildman–Crippen MR) is 157 cm³/mol. The third-order valence-electron chi connectivity index (χ3n) is 7.83. The van der Waals surface area contributed by atoms with Crippen LogP contribution in [0.2, 0.25) is 0 Å². The van der Waals surface area contributed by atoms with Gasteiger partial charge in [-0.05, 0) is 67.1 Å². The molecule has 2 aromatic heterocycles. The molecule has 7 nitrogen and oxygen atoms in total. The molecule has 3 heterocycles. The van der Waals surface area contributed by atoms with Crippen LogP contribution >= 0.6 is 0 Å². The number of fused-ring (bicyclic) bond motifs is 7. The molecule has 3 aromatic carbocycles. The zero-order valence-corrected chi connectivity index (χ0v) is 23.8. The van der Waals surface area contributed by atoms with Gasteiger partial charge in [-0.15, -0.1) is 0 Å². The van der Waals surface area contributed by atoms with Crippen LogP contribution < -0.4 is 24.6 Å². The lowest BCUT2D eigenvalue weighted by atomic mass is 9.90. The van der Waals surface area contributed by atoms with Gasteiger partial charge in [0.1, 0.15) is 22.6 Å². The van der Waals surface area contributed by atoms with E-state index in [-0.39, 0.29) is 5.63 Å². The maximum Gasteiger partial charge on any atom is 0.361 e. The summed E-state index contributed by atoms with van der Waals surface area (Å²) in [6.07, 6.45) is 1.64.